The number of epoxide rings is 1. The van der Waals surface area contributed by atoms with Crippen LogP contribution in [0.15, 0.2) is 30.3 Å². The second-order valence-electron chi connectivity index (χ2n) is 6.91. The van der Waals surface area contributed by atoms with E-state index >= 15 is 0 Å². The number of carbonyl (C=O) groups is 1. The fourth-order valence-electron chi connectivity index (χ4n) is 2.58. The summed E-state index contributed by atoms with van der Waals surface area (Å²) in [7, 11) is 0. The molecule has 1 aromatic carbocycles. The average Bonchev–Trinajstić information content (AvgIpc) is 3.16. The molecule has 1 aliphatic heterocycles. The van der Waals surface area contributed by atoms with Crippen molar-refractivity contribution in [2.24, 2.45) is 5.92 Å². The zero-order valence-corrected chi connectivity index (χ0v) is 13.5. The summed E-state index contributed by atoms with van der Waals surface area (Å²) in [4.78, 5) is 12.1. The van der Waals surface area contributed by atoms with Crippen molar-refractivity contribution in [1.29, 1.82) is 0 Å². The van der Waals surface area contributed by atoms with E-state index in [1.807, 2.05) is 51.1 Å². The van der Waals surface area contributed by atoms with Crippen molar-refractivity contribution in [2.75, 3.05) is 6.61 Å². The zero-order valence-electron chi connectivity index (χ0n) is 13.5. The van der Waals surface area contributed by atoms with Gasteiger partial charge in [-0.25, -0.2) is 4.79 Å². The van der Waals surface area contributed by atoms with Crippen LogP contribution < -0.4 is 5.32 Å². The van der Waals surface area contributed by atoms with Gasteiger partial charge >= 0.3 is 6.09 Å². The quantitative estimate of drug-likeness (QED) is 0.864. The minimum atomic E-state index is -0.504. The predicted octanol–water partition coefficient (Wildman–Crippen LogP) is 3.46. The van der Waals surface area contributed by atoms with Gasteiger partial charge in [0.15, 0.2) is 0 Å². The Morgan fingerprint density at radius 1 is 1.29 bits per heavy atom. The molecule has 1 aliphatic rings. The van der Waals surface area contributed by atoms with Crippen LogP contribution in [0.3, 0.4) is 0 Å². The highest BCUT2D eigenvalue weighted by Gasteiger charge is 2.54. The Kier molecular flexibility index (Phi) is 4.28. The highest BCUT2D eigenvalue weighted by molar-refractivity contribution is 5.68. The van der Waals surface area contributed by atoms with Crippen LogP contribution >= 0.6 is 0 Å². The summed E-state index contributed by atoms with van der Waals surface area (Å²) in [6, 6.07) is 9.92. The summed E-state index contributed by atoms with van der Waals surface area (Å²) >= 11 is 0. The van der Waals surface area contributed by atoms with Crippen LogP contribution in [0, 0.1) is 5.92 Å². The van der Waals surface area contributed by atoms with Crippen LogP contribution in [-0.4, -0.2) is 24.3 Å². The van der Waals surface area contributed by atoms with Crippen LogP contribution in [0.5, 0.6) is 0 Å². The summed E-state index contributed by atoms with van der Waals surface area (Å²) in [5.74, 6) is 0.236. The Morgan fingerprint density at radius 2 is 1.86 bits per heavy atom. The molecule has 2 rings (SSSR count). The Morgan fingerprint density at radius 3 is 2.29 bits per heavy atom. The number of nitrogens with one attached hydrogen (secondary N) is 1. The molecule has 0 unspecified atom stereocenters. The Labute approximate surface area is 126 Å². The molecule has 0 radical (unpaired) electrons. The van der Waals surface area contributed by atoms with E-state index in [1.165, 1.54) is 0 Å². The number of amides is 1. The van der Waals surface area contributed by atoms with Gasteiger partial charge in [-0.3, -0.25) is 0 Å². The lowest BCUT2D eigenvalue weighted by Crippen LogP contribution is -2.49. The molecule has 0 spiro atoms. The number of hydrogen-bond donors (Lipinski definition) is 1. The van der Waals surface area contributed by atoms with Crippen LogP contribution in [0.1, 0.15) is 40.2 Å². The van der Waals surface area contributed by atoms with Gasteiger partial charge in [-0.05, 0) is 32.3 Å². The topological polar surface area (TPSA) is 50.9 Å². The van der Waals surface area contributed by atoms with Crippen LogP contribution in [0.25, 0.3) is 0 Å². The molecule has 21 heavy (non-hydrogen) atoms. The first-order chi connectivity index (χ1) is 9.74. The summed E-state index contributed by atoms with van der Waals surface area (Å²) < 4.78 is 11.1. The largest absolute Gasteiger partial charge is 0.444 e. The minimum absolute atomic E-state index is 0.116. The van der Waals surface area contributed by atoms with Crippen molar-refractivity contribution in [3.63, 3.8) is 0 Å². The fraction of sp³-hybridized carbons (Fsp3) is 0.588. The van der Waals surface area contributed by atoms with Crippen molar-refractivity contribution in [2.45, 2.75) is 51.9 Å². The molecule has 1 fully saturated rings. The van der Waals surface area contributed by atoms with Gasteiger partial charge in [0.2, 0.25) is 0 Å². The summed E-state index contributed by atoms with van der Waals surface area (Å²) in [6.45, 7) is 10.4. The van der Waals surface area contributed by atoms with Gasteiger partial charge in [0.25, 0.3) is 0 Å². The third kappa shape index (κ3) is 3.76. The van der Waals surface area contributed by atoms with Gasteiger partial charge in [-0.1, -0.05) is 44.2 Å². The standard InChI is InChI=1S/C17H25NO3/c1-12(2)14(18-15(19)21-16(3,4)5)17(11-20-17)13-9-7-6-8-10-13/h6-10,12,14H,11H2,1-5H3,(H,18,19)/t14-,17-/m1/s1. The molecule has 0 aromatic heterocycles. The van der Waals surface area contributed by atoms with Crippen molar-refractivity contribution in [1.82, 2.24) is 5.32 Å². The van der Waals surface area contributed by atoms with E-state index in [0.29, 0.717) is 6.61 Å². The average molecular weight is 291 g/mol. The van der Waals surface area contributed by atoms with Crippen LogP contribution in [-0.2, 0) is 15.1 Å². The molecule has 0 saturated carbocycles. The minimum Gasteiger partial charge on any atom is -0.444 e. The molecule has 4 nitrogen and oxygen atoms in total. The molecule has 1 saturated heterocycles. The molecule has 1 aromatic rings. The second kappa shape index (κ2) is 5.68. The Balaban J connectivity index is 2.15. The molecule has 0 bridgehead atoms. The van der Waals surface area contributed by atoms with E-state index in [0.717, 1.165) is 5.56 Å². The third-order valence-corrected chi connectivity index (χ3v) is 3.56. The highest BCUT2D eigenvalue weighted by Crippen LogP contribution is 2.44. The van der Waals surface area contributed by atoms with E-state index in [1.54, 1.807) is 0 Å². The normalized spacial score (nSPS) is 22.8. The maximum absolute atomic E-state index is 12.1. The van der Waals surface area contributed by atoms with Gasteiger partial charge in [-0.2, -0.15) is 0 Å². The summed E-state index contributed by atoms with van der Waals surface area (Å²) in [6.07, 6.45) is -0.396. The van der Waals surface area contributed by atoms with E-state index in [2.05, 4.69) is 19.2 Å². The first-order valence-electron chi connectivity index (χ1n) is 7.43. The van der Waals surface area contributed by atoms with E-state index in [9.17, 15) is 4.79 Å². The first kappa shape index (κ1) is 15.8. The van der Waals surface area contributed by atoms with Crippen molar-refractivity contribution in [3.8, 4) is 0 Å². The van der Waals surface area contributed by atoms with Crippen molar-refractivity contribution < 1.29 is 14.3 Å². The van der Waals surface area contributed by atoms with E-state index < -0.39 is 17.3 Å². The smallest absolute Gasteiger partial charge is 0.407 e. The first-order valence-corrected chi connectivity index (χ1v) is 7.43. The molecule has 0 aliphatic carbocycles. The molecule has 116 valence electrons. The van der Waals surface area contributed by atoms with Gasteiger partial charge < -0.3 is 14.8 Å². The molecule has 1 amide bonds. The monoisotopic (exact) mass is 291 g/mol. The maximum Gasteiger partial charge on any atom is 0.407 e. The van der Waals surface area contributed by atoms with E-state index in [4.69, 9.17) is 9.47 Å². The number of hydrogen-bond acceptors (Lipinski definition) is 3. The van der Waals surface area contributed by atoms with Gasteiger partial charge in [0.05, 0.1) is 12.6 Å². The third-order valence-electron chi connectivity index (χ3n) is 3.56. The summed E-state index contributed by atoms with van der Waals surface area (Å²) in [5, 5.41) is 2.99. The highest BCUT2D eigenvalue weighted by atomic mass is 16.6. The second-order valence-corrected chi connectivity index (χ2v) is 6.91. The lowest BCUT2D eigenvalue weighted by Gasteiger charge is -2.30. The van der Waals surface area contributed by atoms with E-state index in [-0.39, 0.29) is 12.0 Å². The lowest BCUT2D eigenvalue weighted by molar-refractivity contribution is 0.0445. The van der Waals surface area contributed by atoms with Crippen molar-refractivity contribution >= 4 is 6.09 Å². The molecule has 2 atom stereocenters. The van der Waals surface area contributed by atoms with Crippen molar-refractivity contribution in [3.05, 3.63) is 35.9 Å². The molecular weight excluding hydrogens is 266 g/mol. The molecule has 1 N–H and O–H groups in total. The van der Waals surface area contributed by atoms with Crippen LogP contribution in [0.2, 0.25) is 0 Å². The lowest BCUT2D eigenvalue weighted by atomic mass is 9.85. The number of ether oxygens (including phenoxy) is 2. The fourth-order valence-corrected chi connectivity index (χ4v) is 2.58. The molecule has 1 heterocycles. The van der Waals surface area contributed by atoms with Crippen LogP contribution in [0.4, 0.5) is 4.79 Å². The SMILES string of the molecule is CC(C)[C@@H](NC(=O)OC(C)(C)C)[C@]1(c2ccccc2)CO1. The molecule has 4 heteroatoms. The molecular formula is C17H25NO3. The van der Waals surface area contributed by atoms with Gasteiger partial charge in [-0.15, -0.1) is 0 Å². The number of benzene rings is 1. The van der Waals surface area contributed by atoms with Gasteiger partial charge in [0, 0.05) is 0 Å². The predicted molar refractivity (Wildman–Crippen MR) is 82.1 cm³/mol. The maximum atomic E-state index is 12.1. The number of carbonyl (C=O) groups excluding carboxylic acids is 1. The summed E-state index contributed by atoms with van der Waals surface area (Å²) in [5.41, 5.74) is 0.169. The number of rotatable bonds is 4. The van der Waals surface area contributed by atoms with Gasteiger partial charge in [0.1, 0.15) is 11.2 Å². The zero-order chi connectivity index (χ0) is 15.7. The Hall–Kier alpha value is -1.55. The number of alkyl carbamates (subject to hydrolysis) is 1. The Bertz CT molecular complexity index is 487.